The molecular weight excluding hydrogens is 448 g/mol. The third-order valence-corrected chi connectivity index (χ3v) is 5.60. The molecular formula is C20H22Br2O3. The molecule has 0 saturated carbocycles. The number of carbonyl (C=O) groups is 1. The molecule has 2 aromatic carbocycles. The van der Waals surface area contributed by atoms with Crippen LogP contribution in [0.3, 0.4) is 0 Å². The van der Waals surface area contributed by atoms with Crippen molar-refractivity contribution in [2.75, 3.05) is 13.2 Å². The molecule has 1 fully saturated rings. The van der Waals surface area contributed by atoms with Crippen LogP contribution in [0.4, 0.5) is 0 Å². The third kappa shape index (κ3) is 5.23. The summed E-state index contributed by atoms with van der Waals surface area (Å²) in [5.74, 6) is 0. The van der Waals surface area contributed by atoms with Crippen molar-refractivity contribution in [2.24, 2.45) is 0 Å². The Morgan fingerprint density at radius 2 is 1.32 bits per heavy atom. The van der Waals surface area contributed by atoms with Gasteiger partial charge in [-0.05, 0) is 74.2 Å². The molecule has 25 heavy (non-hydrogen) atoms. The van der Waals surface area contributed by atoms with Gasteiger partial charge in [-0.3, -0.25) is 4.79 Å². The molecule has 3 nitrogen and oxygen atoms in total. The van der Waals surface area contributed by atoms with E-state index in [1.165, 1.54) is 16.7 Å². The van der Waals surface area contributed by atoms with E-state index in [2.05, 4.69) is 57.8 Å². The van der Waals surface area contributed by atoms with Crippen LogP contribution < -0.4 is 0 Å². The van der Waals surface area contributed by atoms with Crippen molar-refractivity contribution >= 4 is 38.1 Å². The zero-order valence-corrected chi connectivity index (χ0v) is 18.0. The summed E-state index contributed by atoms with van der Waals surface area (Å²) >= 11 is 6.84. The minimum Gasteiger partial charge on any atom is -0.346 e. The Balaban J connectivity index is 0.000000186. The molecule has 2 aromatic rings. The number of aldehydes is 1. The molecule has 0 spiro atoms. The van der Waals surface area contributed by atoms with Crippen LogP contribution >= 0.6 is 31.9 Å². The smallest absolute Gasteiger partial charge is 0.185 e. The molecule has 3 rings (SSSR count). The van der Waals surface area contributed by atoms with Gasteiger partial charge in [0.05, 0.1) is 13.2 Å². The van der Waals surface area contributed by atoms with Gasteiger partial charge in [0.15, 0.2) is 12.6 Å². The Morgan fingerprint density at radius 3 is 1.88 bits per heavy atom. The molecule has 0 aliphatic carbocycles. The quantitative estimate of drug-likeness (QED) is 0.506. The summed E-state index contributed by atoms with van der Waals surface area (Å²) in [5, 5.41) is 0. The van der Waals surface area contributed by atoms with Gasteiger partial charge in [0, 0.05) is 20.1 Å². The Labute approximate surface area is 166 Å². The topological polar surface area (TPSA) is 35.5 Å². The maximum atomic E-state index is 10.5. The van der Waals surface area contributed by atoms with Crippen LogP contribution in [-0.2, 0) is 9.47 Å². The van der Waals surface area contributed by atoms with Gasteiger partial charge in [-0.2, -0.15) is 0 Å². The average Bonchev–Trinajstić information content (AvgIpc) is 3.09. The zero-order valence-electron chi connectivity index (χ0n) is 14.9. The lowest BCUT2D eigenvalue weighted by atomic mass is 10.1. The Morgan fingerprint density at radius 1 is 0.840 bits per heavy atom. The SMILES string of the molecule is Cc1cc(Br)c(C2OCCO2)cc1C.Cc1cc(Br)c(C=O)cc1C. The maximum Gasteiger partial charge on any atom is 0.185 e. The van der Waals surface area contributed by atoms with Crippen LogP contribution in [0.1, 0.15) is 44.5 Å². The van der Waals surface area contributed by atoms with E-state index in [-0.39, 0.29) is 6.29 Å². The van der Waals surface area contributed by atoms with Gasteiger partial charge in [0.2, 0.25) is 0 Å². The minimum absolute atomic E-state index is 0.191. The highest BCUT2D eigenvalue weighted by atomic mass is 79.9. The fraction of sp³-hybridized carbons (Fsp3) is 0.350. The summed E-state index contributed by atoms with van der Waals surface area (Å²) in [6, 6.07) is 8.07. The largest absolute Gasteiger partial charge is 0.346 e. The van der Waals surface area contributed by atoms with E-state index in [9.17, 15) is 4.79 Å². The number of carbonyl (C=O) groups excluding carboxylic acids is 1. The first-order chi connectivity index (χ1) is 11.8. The summed E-state index contributed by atoms with van der Waals surface area (Å²) in [6.07, 6.45) is 0.667. The molecule has 134 valence electrons. The molecule has 0 N–H and O–H groups in total. The van der Waals surface area contributed by atoms with Gasteiger partial charge >= 0.3 is 0 Å². The van der Waals surface area contributed by atoms with E-state index < -0.39 is 0 Å². The van der Waals surface area contributed by atoms with Crippen molar-refractivity contribution in [3.05, 3.63) is 66.6 Å². The van der Waals surface area contributed by atoms with Crippen LogP contribution in [0.2, 0.25) is 0 Å². The lowest BCUT2D eigenvalue weighted by Crippen LogP contribution is -2.00. The Bertz CT molecular complexity index is 766. The van der Waals surface area contributed by atoms with Crippen molar-refractivity contribution < 1.29 is 14.3 Å². The molecule has 1 aliphatic heterocycles. The standard InChI is InChI=1S/C11H13BrO2.C9H9BrO/c1-7-5-9(10(12)6-8(7)2)11-13-3-4-14-11;1-6-3-8(5-11)9(10)4-7(6)2/h5-6,11H,3-4H2,1-2H3;3-5H,1-2H3. The summed E-state index contributed by atoms with van der Waals surface area (Å²) in [6.45, 7) is 9.58. The number of aryl methyl sites for hydroxylation is 4. The second-order valence-corrected chi connectivity index (χ2v) is 7.82. The number of hydrogen-bond donors (Lipinski definition) is 0. The second kappa shape index (κ2) is 9.08. The summed E-state index contributed by atoms with van der Waals surface area (Å²) in [5.41, 5.74) is 6.69. The van der Waals surface area contributed by atoms with Gasteiger partial charge in [-0.25, -0.2) is 0 Å². The van der Waals surface area contributed by atoms with E-state index in [0.717, 1.165) is 26.4 Å². The molecule has 0 unspecified atom stereocenters. The number of hydrogen-bond acceptors (Lipinski definition) is 3. The summed E-state index contributed by atoms with van der Waals surface area (Å²) in [7, 11) is 0. The Kier molecular flexibility index (Phi) is 7.37. The molecule has 1 aliphatic rings. The highest BCUT2D eigenvalue weighted by Crippen LogP contribution is 2.31. The first kappa shape index (κ1) is 20.3. The monoisotopic (exact) mass is 468 g/mol. The molecule has 0 bridgehead atoms. The first-order valence-electron chi connectivity index (χ1n) is 8.05. The van der Waals surface area contributed by atoms with Gasteiger partial charge in [-0.15, -0.1) is 0 Å². The van der Waals surface area contributed by atoms with Crippen molar-refractivity contribution in [2.45, 2.75) is 34.0 Å². The molecule has 1 heterocycles. The van der Waals surface area contributed by atoms with Crippen LogP contribution in [0.25, 0.3) is 0 Å². The van der Waals surface area contributed by atoms with E-state index in [1.54, 1.807) is 0 Å². The van der Waals surface area contributed by atoms with Crippen LogP contribution in [-0.4, -0.2) is 19.5 Å². The molecule has 1 saturated heterocycles. The maximum absolute atomic E-state index is 10.5. The fourth-order valence-electron chi connectivity index (χ4n) is 2.42. The molecule has 0 aromatic heterocycles. The lowest BCUT2D eigenvalue weighted by molar-refractivity contribution is -0.0446. The van der Waals surface area contributed by atoms with Crippen molar-refractivity contribution in [1.29, 1.82) is 0 Å². The summed E-state index contributed by atoms with van der Waals surface area (Å²) in [4.78, 5) is 10.5. The normalized spacial score (nSPS) is 14.2. The third-order valence-electron chi connectivity index (χ3n) is 4.23. The predicted molar refractivity (Wildman–Crippen MR) is 107 cm³/mol. The molecule has 5 heteroatoms. The highest BCUT2D eigenvalue weighted by molar-refractivity contribution is 9.10. The van der Waals surface area contributed by atoms with Gasteiger partial charge < -0.3 is 9.47 Å². The molecule has 0 atom stereocenters. The minimum atomic E-state index is -0.191. The van der Waals surface area contributed by atoms with Crippen molar-refractivity contribution in [3.63, 3.8) is 0 Å². The predicted octanol–water partition coefficient (Wildman–Crippen LogP) is 5.99. The number of halogens is 2. The second-order valence-electron chi connectivity index (χ2n) is 6.11. The summed E-state index contributed by atoms with van der Waals surface area (Å²) < 4.78 is 12.9. The van der Waals surface area contributed by atoms with Crippen molar-refractivity contribution in [1.82, 2.24) is 0 Å². The van der Waals surface area contributed by atoms with Gasteiger partial charge in [-0.1, -0.05) is 31.9 Å². The van der Waals surface area contributed by atoms with Gasteiger partial charge in [0.1, 0.15) is 0 Å². The van der Waals surface area contributed by atoms with Crippen LogP contribution in [0.5, 0.6) is 0 Å². The van der Waals surface area contributed by atoms with Crippen LogP contribution in [0, 0.1) is 27.7 Å². The van der Waals surface area contributed by atoms with E-state index in [4.69, 9.17) is 9.47 Å². The molecule has 0 radical (unpaired) electrons. The first-order valence-corrected chi connectivity index (χ1v) is 9.64. The fourth-order valence-corrected chi connectivity index (χ4v) is 3.61. The van der Waals surface area contributed by atoms with Crippen LogP contribution in [0.15, 0.2) is 33.2 Å². The van der Waals surface area contributed by atoms with E-state index >= 15 is 0 Å². The number of ether oxygens (including phenoxy) is 2. The van der Waals surface area contributed by atoms with Crippen molar-refractivity contribution in [3.8, 4) is 0 Å². The van der Waals surface area contributed by atoms with E-state index in [1.807, 2.05) is 26.0 Å². The number of benzene rings is 2. The lowest BCUT2D eigenvalue weighted by Gasteiger charge is -2.13. The van der Waals surface area contributed by atoms with E-state index in [0.29, 0.717) is 18.8 Å². The molecule has 0 amide bonds. The zero-order chi connectivity index (χ0) is 18.6. The number of rotatable bonds is 2. The highest BCUT2D eigenvalue weighted by Gasteiger charge is 2.21. The van der Waals surface area contributed by atoms with Gasteiger partial charge in [0.25, 0.3) is 0 Å². The Hall–Kier alpha value is -1.01. The average molecular weight is 470 g/mol.